The minimum absolute atomic E-state index is 0.0833. The van der Waals surface area contributed by atoms with Crippen LogP contribution >= 0.6 is 11.6 Å². The predicted molar refractivity (Wildman–Crippen MR) is 100 cm³/mol. The molecule has 0 aliphatic heterocycles. The molecule has 0 amide bonds. The number of nitro benzene ring substituents is 1. The fourth-order valence-electron chi connectivity index (χ4n) is 2.20. The topological polar surface area (TPSA) is 115 Å². The van der Waals surface area contributed by atoms with Gasteiger partial charge in [0.2, 0.25) is 0 Å². The van der Waals surface area contributed by atoms with Crippen molar-refractivity contribution in [1.82, 2.24) is 4.83 Å². The summed E-state index contributed by atoms with van der Waals surface area (Å²) >= 11 is 6.06. The molecule has 0 aliphatic rings. The SMILES string of the molecule is O=[N+]([O-])c1ccc(-c2ccc(/C=N\NS(=O)(=O)c3ccccc3)o2)c(Cl)c1. The molecule has 0 bridgehead atoms. The molecular weight excluding hydrogens is 394 g/mol. The number of furan rings is 1. The zero-order valence-electron chi connectivity index (χ0n) is 13.6. The second-order valence-corrected chi connectivity index (χ2v) is 7.36. The Morgan fingerprint density at radius 2 is 1.85 bits per heavy atom. The van der Waals surface area contributed by atoms with E-state index in [2.05, 4.69) is 9.93 Å². The Morgan fingerprint density at radius 1 is 1.11 bits per heavy atom. The van der Waals surface area contributed by atoms with E-state index in [1.54, 1.807) is 30.3 Å². The minimum atomic E-state index is -3.77. The Morgan fingerprint density at radius 3 is 2.52 bits per heavy atom. The molecule has 1 heterocycles. The fraction of sp³-hybridized carbons (Fsp3) is 0. The van der Waals surface area contributed by atoms with Crippen LogP contribution in [0.3, 0.4) is 0 Å². The summed E-state index contributed by atoms with van der Waals surface area (Å²) in [6, 6.07) is 15.0. The lowest BCUT2D eigenvalue weighted by atomic mass is 10.1. The van der Waals surface area contributed by atoms with Crippen molar-refractivity contribution in [2.45, 2.75) is 4.90 Å². The van der Waals surface area contributed by atoms with Crippen LogP contribution in [0, 0.1) is 10.1 Å². The molecule has 0 atom stereocenters. The number of hydrazone groups is 1. The van der Waals surface area contributed by atoms with Gasteiger partial charge in [0.1, 0.15) is 11.5 Å². The Kier molecular flexibility index (Phi) is 5.24. The Balaban J connectivity index is 1.75. The van der Waals surface area contributed by atoms with Crippen molar-refractivity contribution in [1.29, 1.82) is 0 Å². The van der Waals surface area contributed by atoms with Gasteiger partial charge in [-0.1, -0.05) is 29.8 Å². The van der Waals surface area contributed by atoms with E-state index in [1.165, 1.54) is 36.5 Å². The number of non-ortho nitro benzene ring substituents is 1. The summed E-state index contributed by atoms with van der Waals surface area (Å²) in [5, 5.41) is 14.6. The number of benzene rings is 2. The molecule has 3 rings (SSSR count). The molecule has 8 nitrogen and oxygen atoms in total. The van der Waals surface area contributed by atoms with Gasteiger partial charge in [0.15, 0.2) is 0 Å². The van der Waals surface area contributed by atoms with Gasteiger partial charge in [0, 0.05) is 17.7 Å². The van der Waals surface area contributed by atoms with Crippen molar-refractivity contribution in [3.05, 3.63) is 81.6 Å². The lowest BCUT2D eigenvalue weighted by Crippen LogP contribution is -2.18. The normalized spacial score (nSPS) is 11.6. The largest absolute Gasteiger partial charge is 0.455 e. The molecule has 0 aliphatic carbocycles. The first-order valence-electron chi connectivity index (χ1n) is 7.51. The molecule has 0 saturated heterocycles. The van der Waals surface area contributed by atoms with Gasteiger partial charge in [-0.25, -0.2) is 0 Å². The summed E-state index contributed by atoms with van der Waals surface area (Å²) in [6.45, 7) is 0. The fourth-order valence-corrected chi connectivity index (χ4v) is 3.28. The van der Waals surface area contributed by atoms with E-state index in [9.17, 15) is 18.5 Å². The van der Waals surface area contributed by atoms with Crippen molar-refractivity contribution < 1.29 is 17.8 Å². The van der Waals surface area contributed by atoms with Crippen molar-refractivity contribution in [3.8, 4) is 11.3 Å². The number of nitro groups is 1. The van der Waals surface area contributed by atoms with Gasteiger partial charge in [-0.3, -0.25) is 10.1 Å². The number of nitrogens with one attached hydrogen (secondary N) is 1. The number of halogens is 1. The van der Waals surface area contributed by atoms with Gasteiger partial charge in [-0.15, -0.1) is 0 Å². The summed E-state index contributed by atoms with van der Waals surface area (Å²) in [4.78, 5) is 12.4. The monoisotopic (exact) mass is 405 g/mol. The number of nitrogens with zero attached hydrogens (tertiary/aromatic N) is 2. The molecule has 3 aromatic rings. The van der Waals surface area contributed by atoms with Gasteiger partial charge in [0.05, 0.1) is 21.1 Å². The molecule has 0 unspecified atom stereocenters. The minimum Gasteiger partial charge on any atom is -0.455 e. The van der Waals surface area contributed by atoms with Crippen LogP contribution in [0.15, 0.2) is 75.1 Å². The van der Waals surface area contributed by atoms with Gasteiger partial charge >= 0.3 is 0 Å². The first-order valence-corrected chi connectivity index (χ1v) is 9.37. The van der Waals surface area contributed by atoms with Crippen molar-refractivity contribution in [2.75, 3.05) is 0 Å². The zero-order valence-corrected chi connectivity index (χ0v) is 15.1. The van der Waals surface area contributed by atoms with E-state index >= 15 is 0 Å². The first-order chi connectivity index (χ1) is 12.9. The summed E-state index contributed by atoms with van der Waals surface area (Å²) in [6.07, 6.45) is 1.20. The highest BCUT2D eigenvalue weighted by molar-refractivity contribution is 7.89. The van der Waals surface area contributed by atoms with E-state index < -0.39 is 14.9 Å². The van der Waals surface area contributed by atoms with Crippen LogP contribution in [0.5, 0.6) is 0 Å². The molecule has 0 fully saturated rings. The molecule has 1 aromatic heterocycles. The summed E-state index contributed by atoms with van der Waals surface area (Å²) in [5.41, 5.74) is 0.333. The molecule has 0 spiro atoms. The van der Waals surface area contributed by atoms with Crippen LogP contribution in [-0.2, 0) is 10.0 Å². The summed E-state index contributed by atoms with van der Waals surface area (Å²) < 4.78 is 29.6. The number of hydrogen-bond acceptors (Lipinski definition) is 6. The quantitative estimate of drug-likeness (QED) is 0.380. The van der Waals surface area contributed by atoms with Gasteiger partial charge in [0.25, 0.3) is 15.7 Å². The third-order valence-corrected chi connectivity index (χ3v) is 5.03. The van der Waals surface area contributed by atoms with E-state index in [0.717, 1.165) is 0 Å². The maximum Gasteiger partial charge on any atom is 0.276 e. The second kappa shape index (κ2) is 7.60. The van der Waals surface area contributed by atoms with Crippen molar-refractivity contribution in [3.63, 3.8) is 0 Å². The van der Waals surface area contributed by atoms with Crippen molar-refractivity contribution >= 4 is 33.5 Å². The van der Waals surface area contributed by atoms with Crippen LogP contribution in [0.4, 0.5) is 5.69 Å². The Hall–Kier alpha value is -3.17. The van der Waals surface area contributed by atoms with Gasteiger partial charge in [-0.05, 0) is 30.3 Å². The molecule has 0 saturated carbocycles. The lowest BCUT2D eigenvalue weighted by Gasteiger charge is -2.02. The average molecular weight is 406 g/mol. The lowest BCUT2D eigenvalue weighted by molar-refractivity contribution is -0.384. The van der Waals surface area contributed by atoms with E-state index in [4.69, 9.17) is 16.0 Å². The van der Waals surface area contributed by atoms with E-state index in [-0.39, 0.29) is 21.4 Å². The second-order valence-electron chi connectivity index (χ2n) is 5.29. The smallest absolute Gasteiger partial charge is 0.276 e. The van der Waals surface area contributed by atoms with Crippen LogP contribution in [0.1, 0.15) is 5.76 Å². The molecule has 138 valence electrons. The van der Waals surface area contributed by atoms with E-state index in [1.807, 2.05) is 0 Å². The van der Waals surface area contributed by atoms with Crippen LogP contribution in [-0.4, -0.2) is 19.6 Å². The maximum absolute atomic E-state index is 12.1. The maximum atomic E-state index is 12.1. The third-order valence-electron chi connectivity index (χ3n) is 3.47. The van der Waals surface area contributed by atoms with Crippen LogP contribution in [0.25, 0.3) is 11.3 Å². The highest BCUT2D eigenvalue weighted by Crippen LogP contribution is 2.32. The molecule has 27 heavy (non-hydrogen) atoms. The Labute approximate surface area is 159 Å². The Bertz CT molecular complexity index is 1110. The van der Waals surface area contributed by atoms with Crippen LogP contribution < -0.4 is 4.83 Å². The highest BCUT2D eigenvalue weighted by Gasteiger charge is 2.14. The molecular formula is C17H12ClN3O5S. The van der Waals surface area contributed by atoms with Gasteiger partial charge in [-0.2, -0.15) is 18.4 Å². The molecule has 2 aromatic carbocycles. The number of sulfonamides is 1. The predicted octanol–water partition coefficient (Wildman–Crippen LogP) is 3.82. The zero-order chi connectivity index (χ0) is 19.4. The molecule has 10 heteroatoms. The van der Waals surface area contributed by atoms with Crippen molar-refractivity contribution in [2.24, 2.45) is 5.10 Å². The van der Waals surface area contributed by atoms with Gasteiger partial charge < -0.3 is 4.42 Å². The standard InChI is InChI=1S/C17H12ClN3O5S/c18-16-10-12(21(22)23)6-8-15(16)17-9-7-13(26-17)11-19-20-27(24,25)14-4-2-1-3-5-14/h1-11,20H/b19-11-. The summed E-state index contributed by atoms with van der Waals surface area (Å²) in [5.74, 6) is 0.637. The number of rotatable bonds is 6. The first kappa shape index (κ1) is 18.6. The van der Waals surface area contributed by atoms with Crippen LogP contribution in [0.2, 0.25) is 5.02 Å². The van der Waals surface area contributed by atoms with E-state index in [0.29, 0.717) is 11.3 Å². The highest BCUT2D eigenvalue weighted by atomic mass is 35.5. The third kappa shape index (κ3) is 4.33. The average Bonchev–Trinajstić information content (AvgIpc) is 3.10. The molecule has 0 radical (unpaired) electrons. The molecule has 1 N–H and O–H groups in total. The summed E-state index contributed by atoms with van der Waals surface area (Å²) in [7, 11) is -3.77. The number of hydrogen-bond donors (Lipinski definition) is 1.